The van der Waals surface area contributed by atoms with Gasteiger partial charge in [-0.25, -0.2) is 0 Å². The average molecular weight is 358 g/mol. The van der Waals surface area contributed by atoms with Crippen LogP contribution in [0.1, 0.15) is 23.3 Å². The van der Waals surface area contributed by atoms with E-state index in [1.165, 1.54) is 0 Å². The zero-order chi connectivity index (χ0) is 18.4. The summed E-state index contributed by atoms with van der Waals surface area (Å²) >= 11 is 0. The molecule has 7 heteroatoms. The van der Waals surface area contributed by atoms with Crippen molar-refractivity contribution in [2.45, 2.75) is 18.9 Å². The lowest BCUT2D eigenvalue weighted by atomic mass is 10.1. The number of nitrogens with one attached hydrogen (secondary N) is 2. The van der Waals surface area contributed by atoms with Gasteiger partial charge < -0.3 is 10.2 Å². The number of fused-ring (bicyclic) bond motifs is 2. The second-order valence-corrected chi connectivity index (χ2v) is 6.84. The highest BCUT2D eigenvalue weighted by atomic mass is 16.2. The molecule has 7 nitrogen and oxygen atoms in total. The number of H-pyrrole nitrogens is 1. The number of hydrogen-bond donors (Lipinski definition) is 2. The van der Waals surface area contributed by atoms with Gasteiger partial charge in [-0.3, -0.25) is 19.9 Å². The van der Waals surface area contributed by atoms with Gasteiger partial charge in [0.25, 0.3) is 5.91 Å². The van der Waals surface area contributed by atoms with E-state index in [-0.39, 0.29) is 5.91 Å². The third-order valence-corrected chi connectivity index (χ3v) is 4.96. The minimum absolute atomic E-state index is 0.0219. The standard InChI is InChI=1S/C20H18N6O/c1-26(14-5-6-14)20(27)17-15-7-4-13(11-12(15)8-10-22-17)23-19-18-16(24-25-19)3-2-9-21-18/h2-4,7-11,14H,5-6H2,1H3,(H2,23,24,25). The minimum Gasteiger partial charge on any atom is -0.337 e. The van der Waals surface area contributed by atoms with Crippen LogP contribution in [0.4, 0.5) is 11.5 Å². The van der Waals surface area contributed by atoms with Crippen molar-refractivity contribution >= 4 is 39.2 Å². The molecule has 0 bridgehead atoms. The quantitative estimate of drug-likeness (QED) is 0.583. The van der Waals surface area contributed by atoms with Crippen LogP contribution < -0.4 is 5.32 Å². The largest absolute Gasteiger partial charge is 0.337 e. The molecule has 0 radical (unpaired) electrons. The Labute approximate surface area is 155 Å². The number of aromatic amines is 1. The number of pyridine rings is 2. The molecular weight excluding hydrogens is 340 g/mol. The molecule has 1 aromatic carbocycles. The predicted octanol–water partition coefficient (Wildman–Crippen LogP) is 3.48. The molecule has 1 amide bonds. The van der Waals surface area contributed by atoms with Crippen LogP contribution in [0.5, 0.6) is 0 Å². The number of hydrogen-bond acceptors (Lipinski definition) is 5. The Morgan fingerprint density at radius 1 is 1.19 bits per heavy atom. The van der Waals surface area contributed by atoms with E-state index in [0.29, 0.717) is 17.6 Å². The highest BCUT2D eigenvalue weighted by Gasteiger charge is 2.31. The highest BCUT2D eigenvalue weighted by Crippen LogP contribution is 2.29. The molecule has 0 aliphatic heterocycles. The second-order valence-electron chi connectivity index (χ2n) is 6.84. The molecule has 5 rings (SSSR count). The molecule has 0 unspecified atom stereocenters. The van der Waals surface area contributed by atoms with Crippen molar-refractivity contribution in [3.8, 4) is 0 Å². The summed E-state index contributed by atoms with van der Waals surface area (Å²) in [6, 6.07) is 11.9. The molecule has 0 atom stereocenters. The first-order valence-electron chi connectivity index (χ1n) is 8.93. The van der Waals surface area contributed by atoms with Gasteiger partial charge in [-0.2, -0.15) is 5.10 Å². The molecule has 1 fully saturated rings. The molecule has 2 N–H and O–H groups in total. The first kappa shape index (κ1) is 15.7. The maximum Gasteiger partial charge on any atom is 0.273 e. The summed E-state index contributed by atoms with van der Waals surface area (Å²) in [5, 5.41) is 12.4. The molecule has 3 aromatic heterocycles. The molecule has 1 aliphatic rings. The molecule has 134 valence electrons. The average Bonchev–Trinajstić information content (AvgIpc) is 3.48. The summed E-state index contributed by atoms with van der Waals surface area (Å²) in [7, 11) is 1.85. The van der Waals surface area contributed by atoms with Gasteiger partial charge in [0, 0.05) is 36.6 Å². The van der Waals surface area contributed by atoms with Gasteiger partial charge in [0.2, 0.25) is 0 Å². The van der Waals surface area contributed by atoms with Crippen LogP contribution >= 0.6 is 0 Å². The van der Waals surface area contributed by atoms with Crippen LogP contribution in [-0.2, 0) is 0 Å². The van der Waals surface area contributed by atoms with Gasteiger partial charge in [0.05, 0.1) is 5.52 Å². The van der Waals surface area contributed by atoms with E-state index in [2.05, 4.69) is 25.5 Å². The number of benzene rings is 1. The molecule has 0 saturated heterocycles. The van der Waals surface area contributed by atoms with Crippen LogP contribution in [0.25, 0.3) is 21.8 Å². The third-order valence-electron chi connectivity index (χ3n) is 4.96. The lowest BCUT2D eigenvalue weighted by Crippen LogP contribution is -2.29. The number of carbonyl (C=O) groups is 1. The van der Waals surface area contributed by atoms with E-state index in [4.69, 9.17) is 0 Å². The van der Waals surface area contributed by atoms with Gasteiger partial charge >= 0.3 is 0 Å². The Hall–Kier alpha value is -3.48. The number of amides is 1. The molecular formula is C20H18N6O. The Bertz CT molecular complexity index is 1160. The van der Waals surface area contributed by atoms with Gasteiger partial charge in [-0.05, 0) is 54.6 Å². The number of anilines is 2. The molecule has 0 spiro atoms. The summed E-state index contributed by atoms with van der Waals surface area (Å²) in [5.74, 6) is 0.648. The normalized spacial score (nSPS) is 13.8. The number of rotatable bonds is 4. The Morgan fingerprint density at radius 3 is 2.93 bits per heavy atom. The van der Waals surface area contributed by atoms with Crippen LogP contribution in [0, 0.1) is 0 Å². The Morgan fingerprint density at radius 2 is 2.07 bits per heavy atom. The fourth-order valence-corrected chi connectivity index (χ4v) is 3.30. The van der Waals surface area contributed by atoms with E-state index in [9.17, 15) is 4.79 Å². The van der Waals surface area contributed by atoms with E-state index in [1.807, 2.05) is 43.4 Å². The van der Waals surface area contributed by atoms with Crippen molar-refractivity contribution in [1.29, 1.82) is 0 Å². The monoisotopic (exact) mass is 358 g/mol. The lowest BCUT2D eigenvalue weighted by molar-refractivity contribution is 0.0781. The van der Waals surface area contributed by atoms with Gasteiger partial charge in [0.1, 0.15) is 11.2 Å². The van der Waals surface area contributed by atoms with E-state index >= 15 is 0 Å². The molecule has 1 aliphatic carbocycles. The summed E-state index contributed by atoms with van der Waals surface area (Å²) in [4.78, 5) is 23.3. The maximum atomic E-state index is 12.8. The number of aromatic nitrogens is 4. The fraction of sp³-hybridized carbons (Fsp3) is 0.200. The van der Waals surface area contributed by atoms with E-state index in [0.717, 1.165) is 40.3 Å². The number of carbonyl (C=O) groups excluding carboxylic acids is 1. The van der Waals surface area contributed by atoms with Crippen LogP contribution in [0.2, 0.25) is 0 Å². The Balaban J connectivity index is 1.50. The third kappa shape index (κ3) is 2.77. The van der Waals surface area contributed by atoms with E-state index < -0.39 is 0 Å². The van der Waals surface area contributed by atoms with Crippen LogP contribution in [0.3, 0.4) is 0 Å². The summed E-state index contributed by atoms with van der Waals surface area (Å²) in [5.41, 5.74) is 3.04. The van der Waals surface area contributed by atoms with Crippen molar-refractivity contribution in [3.05, 3.63) is 54.5 Å². The zero-order valence-electron chi connectivity index (χ0n) is 14.8. The van der Waals surface area contributed by atoms with Crippen LogP contribution in [0.15, 0.2) is 48.8 Å². The summed E-state index contributed by atoms with van der Waals surface area (Å²) in [6.07, 6.45) is 5.58. The van der Waals surface area contributed by atoms with Crippen LogP contribution in [-0.4, -0.2) is 44.1 Å². The topological polar surface area (TPSA) is 86.8 Å². The first-order valence-corrected chi connectivity index (χ1v) is 8.93. The minimum atomic E-state index is -0.0219. The molecule has 3 heterocycles. The van der Waals surface area contributed by atoms with Gasteiger partial charge in [0.15, 0.2) is 5.82 Å². The highest BCUT2D eigenvalue weighted by molar-refractivity contribution is 6.06. The molecule has 4 aromatic rings. The Kier molecular flexibility index (Phi) is 3.53. The van der Waals surface area contributed by atoms with Crippen molar-refractivity contribution in [2.75, 3.05) is 12.4 Å². The SMILES string of the molecule is CN(C(=O)c1nccc2cc(Nc3n[nH]c4cccnc34)ccc12)C1CC1. The fourth-order valence-electron chi connectivity index (χ4n) is 3.30. The molecule has 27 heavy (non-hydrogen) atoms. The first-order chi connectivity index (χ1) is 13.2. The second kappa shape index (κ2) is 6.05. The van der Waals surface area contributed by atoms with Crippen molar-refractivity contribution in [2.24, 2.45) is 0 Å². The van der Waals surface area contributed by atoms with Gasteiger partial charge in [-0.1, -0.05) is 0 Å². The van der Waals surface area contributed by atoms with E-state index in [1.54, 1.807) is 17.3 Å². The number of nitrogens with zero attached hydrogens (tertiary/aromatic N) is 4. The smallest absolute Gasteiger partial charge is 0.273 e. The lowest BCUT2D eigenvalue weighted by Gasteiger charge is -2.17. The predicted molar refractivity (Wildman–Crippen MR) is 104 cm³/mol. The summed E-state index contributed by atoms with van der Waals surface area (Å²) < 4.78 is 0. The summed E-state index contributed by atoms with van der Waals surface area (Å²) in [6.45, 7) is 0. The molecule has 1 saturated carbocycles. The van der Waals surface area contributed by atoms with Crippen molar-refractivity contribution in [1.82, 2.24) is 25.1 Å². The zero-order valence-corrected chi connectivity index (χ0v) is 14.8. The maximum absolute atomic E-state index is 12.8. The van der Waals surface area contributed by atoms with Crippen molar-refractivity contribution in [3.63, 3.8) is 0 Å². The van der Waals surface area contributed by atoms with Crippen molar-refractivity contribution < 1.29 is 4.79 Å². The van der Waals surface area contributed by atoms with Gasteiger partial charge in [-0.15, -0.1) is 0 Å².